The molecule has 0 fully saturated rings. The number of benzene rings is 2. The van der Waals surface area contributed by atoms with Crippen LogP contribution in [-0.2, 0) is 22.6 Å². The Morgan fingerprint density at radius 2 is 1.73 bits per heavy atom. The summed E-state index contributed by atoms with van der Waals surface area (Å²) in [5.74, 6) is 0. The molecular formula is C17H17F3N2O3S. The maximum absolute atomic E-state index is 12.7. The number of aryl methyl sites for hydroxylation is 1. The summed E-state index contributed by atoms with van der Waals surface area (Å²) in [6, 6.07) is 8.76. The van der Waals surface area contributed by atoms with Gasteiger partial charge in [-0.25, -0.2) is 17.9 Å². The molecule has 0 radical (unpaired) electrons. The highest BCUT2D eigenvalue weighted by atomic mass is 32.2. The molecule has 0 saturated carbocycles. The number of anilines is 1. The number of carbonyl (C=O) groups is 1. The molecule has 0 aliphatic carbocycles. The zero-order valence-electron chi connectivity index (χ0n) is 13.8. The zero-order chi connectivity index (χ0) is 19.4. The number of rotatable bonds is 5. The molecule has 0 atom stereocenters. The number of urea groups is 1. The molecule has 140 valence electrons. The van der Waals surface area contributed by atoms with E-state index in [-0.39, 0.29) is 10.6 Å². The summed E-state index contributed by atoms with van der Waals surface area (Å²) in [5.41, 5.74) is -0.171. The zero-order valence-corrected chi connectivity index (χ0v) is 14.6. The van der Waals surface area contributed by atoms with E-state index in [4.69, 9.17) is 0 Å². The van der Waals surface area contributed by atoms with E-state index in [2.05, 4.69) is 5.32 Å². The fraction of sp³-hybridized carbons (Fsp3) is 0.235. The standard InChI is InChI=1S/C17H17F3N2O3S/c1-2-4-12-7-9-15(10-8-12)26(24,25)22-16(23)21-14-6-3-5-13(11-14)17(18,19)20/h3,5-11H,2,4H2,1H3,(H2,21,22,23). The Kier molecular flexibility index (Phi) is 5.91. The fourth-order valence-corrected chi connectivity index (χ4v) is 3.14. The molecule has 2 N–H and O–H groups in total. The second kappa shape index (κ2) is 7.77. The molecule has 0 heterocycles. The Morgan fingerprint density at radius 3 is 2.31 bits per heavy atom. The number of hydrogen-bond donors (Lipinski definition) is 2. The summed E-state index contributed by atoms with van der Waals surface area (Å²) < 4.78 is 64.1. The van der Waals surface area contributed by atoms with Gasteiger partial charge in [-0.15, -0.1) is 0 Å². The van der Waals surface area contributed by atoms with Gasteiger partial charge in [0.2, 0.25) is 0 Å². The van der Waals surface area contributed by atoms with Crippen LogP contribution in [0.4, 0.5) is 23.7 Å². The van der Waals surface area contributed by atoms with Gasteiger partial charge in [-0.05, 0) is 42.3 Å². The van der Waals surface area contributed by atoms with Crippen molar-refractivity contribution in [2.24, 2.45) is 0 Å². The maximum atomic E-state index is 12.7. The minimum absolute atomic E-state index is 0.114. The van der Waals surface area contributed by atoms with Gasteiger partial charge in [0.25, 0.3) is 10.0 Å². The largest absolute Gasteiger partial charge is 0.416 e. The molecule has 2 aromatic rings. The van der Waals surface area contributed by atoms with Crippen molar-refractivity contribution < 1.29 is 26.4 Å². The minimum atomic E-state index is -4.57. The van der Waals surface area contributed by atoms with Crippen molar-refractivity contribution in [3.05, 3.63) is 59.7 Å². The number of alkyl halides is 3. The number of nitrogens with one attached hydrogen (secondary N) is 2. The molecule has 0 bridgehead atoms. The van der Waals surface area contributed by atoms with Gasteiger partial charge < -0.3 is 5.32 Å². The first-order chi connectivity index (χ1) is 12.1. The van der Waals surface area contributed by atoms with E-state index in [0.717, 1.165) is 30.5 Å². The highest BCUT2D eigenvalue weighted by Gasteiger charge is 2.30. The SMILES string of the molecule is CCCc1ccc(S(=O)(=O)NC(=O)Nc2cccc(C(F)(F)F)c2)cc1. The molecule has 9 heteroatoms. The minimum Gasteiger partial charge on any atom is -0.307 e. The van der Waals surface area contributed by atoms with Gasteiger partial charge in [-0.1, -0.05) is 31.5 Å². The van der Waals surface area contributed by atoms with Crippen LogP contribution in [-0.4, -0.2) is 14.4 Å². The van der Waals surface area contributed by atoms with Crippen LogP contribution >= 0.6 is 0 Å². The Labute approximate surface area is 149 Å². The van der Waals surface area contributed by atoms with Gasteiger partial charge in [-0.3, -0.25) is 0 Å². The van der Waals surface area contributed by atoms with E-state index in [1.165, 1.54) is 18.2 Å². The molecule has 5 nitrogen and oxygen atoms in total. The Morgan fingerprint density at radius 1 is 1.08 bits per heavy atom. The molecule has 2 amide bonds. The second-order valence-corrected chi connectivity index (χ2v) is 7.21. The smallest absolute Gasteiger partial charge is 0.307 e. The molecule has 2 aromatic carbocycles. The predicted molar refractivity (Wildman–Crippen MR) is 91.2 cm³/mol. The number of sulfonamides is 1. The molecular weight excluding hydrogens is 369 g/mol. The molecule has 2 rings (SSSR count). The molecule has 0 aliphatic heterocycles. The van der Waals surface area contributed by atoms with Gasteiger partial charge in [0.15, 0.2) is 0 Å². The summed E-state index contributed by atoms with van der Waals surface area (Å²) >= 11 is 0. The summed E-state index contributed by atoms with van der Waals surface area (Å²) in [4.78, 5) is 11.7. The molecule has 0 unspecified atom stereocenters. The van der Waals surface area contributed by atoms with Crippen molar-refractivity contribution in [1.29, 1.82) is 0 Å². The van der Waals surface area contributed by atoms with Gasteiger partial charge in [0.05, 0.1) is 10.5 Å². The number of carbonyl (C=O) groups excluding carboxylic acids is 1. The number of amides is 2. The molecule has 0 spiro atoms. The average molecular weight is 386 g/mol. The van der Waals surface area contributed by atoms with Crippen molar-refractivity contribution in [1.82, 2.24) is 4.72 Å². The van der Waals surface area contributed by atoms with Gasteiger partial charge >= 0.3 is 12.2 Å². The quantitative estimate of drug-likeness (QED) is 0.810. The third-order valence-electron chi connectivity index (χ3n) is 3.45. The predicted octanol–water partition coefficient (Wildman–Crippen LogP) is 4.17. The summed E-state index contributed by atoms with van der Waals surface area (Å²) in [6.45, 7) is 1.99. The third-order valence-corrected chi connectivity index (χ3v) is 4.79. The Bertz CT molecular complexity index is 879. The Balaban J connectivity index is 2.09. The molecule has 0 aliphatic rings. The molecule has 26 heavy (non-hydrogen) atoms. The Hall–Kier alpha value is -2.55. The van der Waals surface area contributed by atoms with Gasteiger partial charge in [0, 0.05) is 5.69 Å². The third kappa shape index (κ3) is 5.22. The van der Waals surface area contributed by atoms with E-state index in [1.807, 2.05) is 6.92 Å². The van der Waals surface area contributed by atoms with Crippen molar-refractivity contribution >= 4 is 21.7 Å². The lowest BCUT2D eigenvalue weighted by Gasteiger charge is -2.11. The van der Waals surface area contributed by atoms with Gasteiger partial charge in [-0.2, -0.15) is 13.2 Å². The first kappa shape index (κ1) is 19.8. The number of halogens is 3. The lowest BCUT2D eigenvalue weighted by molar-refractivity contribution is -0.137. The monoisotopic (exact) mass is 386 g/mol. The normalized spacial score (nSPS) is 11.8. The number of hydrogen-bond acceptors (Lipinski definition) is 3. The highest BCUT2D eigenvalue weighted by Crippen LogP contribution is 2.30. The highest BCUT2D eigenvalue weighted by molar-refractivity contribution is 7.90. The van der Waals surface area contributed by atoms with Crippen LogP contribution in [0.15, 0.2) is 53.4 Å². The van der Waals surface area contributed by atoms with Crippen molar-refractivity contribution in [3.8, 4) is 0 Å². The average Bonchev–Trinajstić information content (AvgIpc) is 2.54. The van der Waals surface area contributed by atoms with Crippen molar-refractivity contribution in [2.45, 2.75) is 30.8 Å². The van der Waals surface area contributed by atoms with E-state index >= 15 is 0 Å². The van der Waals surface area contributed by atoms with Crippen molar-refractivity contribution in [2.75, 3.05) is 5.32 Å². The second-order valence-electron chi connectivity index (χ2n) is 5.53. The van der Waals surface area contributed by atoms with Crippen molar-refractivity contribution in [3.63, 3.8) is 0 Å². The fourth-order valence-electron chi connectivity index (χ4n) is 2.23. The van der Waals surface area contributed by atoms with E-state index in [0.29, 0.717) is 6.07 Å². The lowest BCUT2D eigenvalue weighted by atomic mass is 10.1. The van der Waals surface area contributed by atoms with Crippen LogP contribution < -0.4 is 10.0 Å². The van der Waals surface area contributed by atoms with Gasteiger partial charge in [0.1, 0.15) is 0 Å². The van der Waals surface area contributed by atoms with Crippen LogP contribution in [0.3, 0.4) is 0 Å². The molecule has 0 saturated heterocycles. The van der Waals surface area contributed by atoms with Crippen LogP contribution in [0.1, 0.15) is 24.5 Å². The topological polar surface area (TPSA) is 75.3 Å². The van der Waals surface area contributed by atoms with E-state index in [1.54, 1.807) is 16.9 Å². The van der Waals surface area contributed by atoms with Crippen LogP contribution in [0.2, 0.25) is 0 Å². The van der Waals surface area contributed by atoms with Crippen LogP contribution in [0.5, 0.6) is 0 Å². The molecule has 0 aromatic heterocycles. The van der Waals surface area contributed by atoms with E-state index in [9.17, 15) is 26.4 Å². The summed E-state index contributed by atoms with van der Waals surface area (Å²) in [6.07, 6.45) is -2.87. The lowest BCUT2D eigenvalue weighted by Crippen LogP contribution is -2.34. The summed E-state index contributed by atoms with van der Waals surface area (Å²) in [5, 5.41) is 2.08. The van der Waals surface area contributed by atoms with E-state index < -0.39 is 27.8 Å². The van der Waals surface area contributed by atoms with Crippen LogP contribution in [0.25, 0.3) is 0 Å². The first-order valence-electron chi connectivity index (χ1n) is 7.72. The first-order valence-corrected chi connectivity index (χ1v) is 9.20. The summed E-state index contributed by atoms with van der Waals surface area (Å²) in [7, 11) is -4.13. The van der Waals surface area contributed by atoms with Crippen LogP contribution in [0, 0.1) is 0 Å². The maximum Gasteiger partial charge on any atom is 0.416 e.